The number of thioether (sulfide) groups is 1. The summed E-state index contributed by atoms with van der Waals surface area (Å²) in [5.74, 6) is 0. The van der Waals surface area contributed by atoms with E-state index in [1.165, 1.54) is 19.3 Å². The number of nitrogens with zero attached hydrogens (tertiary/aromatic N) is 1. The number of ether oxygens (including phenoxy) is 1. The molecule has 0 aromatic carbocycles. The molecule has 4 heteroatoms. The first kappa shape index (κ1) is 13.3. The van der Waals surface area contributed by atoms with Gasteiger partial charge in [0.25, 0.3) is 0 Å². The van der Waals surface area contributed by atoms with Gasteiger partial charge in [-0.15, -0.1) is 0 Å². The van der Waals surface area contributed by atoms with Crippen molar-refractivity contribution in [3.05, 3.63) is 0 Å². The lowest BCUT2D eigenvalue weighted by molar-refractivity contribution is 0.0353. The third-order valence-electron chi connectivity index (χ3n) is 3.14. The fourth-order valence-corrected chi connectivity index (χ4v) is 3.46. The van der Waals surface area contributed by atoms with E-state index in [-0.39, 0.29) is 6.10 Å². The van der Waals surface area contributed by atoms with E-state index in [0.29, 0.717) is 12.6 Å². The summed E-state index contributed by atoms with van der Waals surface area (Å²) in [7, 11) is 3.74. The Morgan fingerprint density at radius 2 is 2.27 bits per heavy atom. The van der Waals surface area contributed by atoms with E-state index in [9.17, 15) is 5.11 Å². The fraction of sp³-hybridized carbons (Fsp3) is 1.00. The van der Waals surface area contributed by atoms with Gasteiger partial charge in [0.2, 0.25) is 0 Å². The number of rotatable bonds is 6. The van der Waals surface area contributed by atoms with Crippen molar-refractivity contribution in [1.82, 2.24) is 4.90 Å². The Labute approximate surface area is 97.2 Å². The van der Waals surface area contributed by atoms with Crippen LogP contribution in [0.4, 0.5) is 0 Å². The molecule has 3 atom stereocenters. The molecular formula is C11H23NO2S. The molecule has 1 saturated carbocycles. The summed E-state index contributed by atoms with van der Waals surface area (Å²) >= 11 is 1.95. The highest BCUT2D eigenvalue weighted by atomic mass is 32.2. The molecule has 3 nitrogen and oxygen atoms in total. The topological polar surface area (TPSA) is 32.7 Å². The van der Waals surface area contributed by atoms with Gasteiger partial charge in [0.1, 0.15) is 0 Å². The molecule has 0 unspecified atom stereocenters. The molecule has 0 saturated heterocycles. The lowest BCUT2D eigenvalue weighted by Crippen LogP contribution is -2.41. The van der Waals surface area contributed by atoms with Gasteiger partial charge >= 0.3 is 0 Å². The summed E-state index contributed by atoms with van der Waals surface area (Å²) in [5.41, 5.74) is 0. The molecule has 0 aromatic rings. The minimum absolute atomic E-state index is 0.358. The second kappa shape index (κ2) is 6.74. The Morgan fingerprint density at radius 1 is 1.53 bits per heavy atom. The normalized spacial score (nSPS) is 28.6. The Morgan fingerprint density at radius 3 is 2.87 bits per heavy atom. The van der Waals surface area contributed by atoms with E-state index in [4.69, 9.17) is 4.74 Å². The zero-order valence-electron chi connectivity index (χ0n) is 9.98. The molecule has 0 heterocycles. The van der Waals surface area contributed by atoms with Gasteiger partial charge in [-0.2, -0.15) is 11.8 Å². The van der Waals surface area contributed by atoms with Crippen LogP contribution in [0.2, 0.25) is 0 Å². The van der Waals surface area contributed by atoms with Crippen molar-refractivity contribution < 1.29 is 9.84 Å². The maximum Gasteiger partial charge on any atom is 0.0900 e. The van der Waals surface area contributed by atoms with E-state index in [1.807, 2.05) is 11.8 Å². The first-order valence-corrected chi connectivity index (χ1v) is 6.87. The molecule has 90 valence electrons. The largest absolute Gasteiger partial charge is 0.389 e. The third-order valence-corrected chi connectivity index (χ3v) is 4.30. The van der Waals surface area contributed by atoms with Crippen LogP contribution in [-0.4, -0.2) is 61.0 Å². The van der Waals surface area contributed by atoms with Gasteiger partial charge in [0.05, 0.1) is 12.7 Å². The summed E-state index contributed by atoms with van der Waals surface area (Å²) in [6.45, 7) is 1.15. The molecule has 1 aliphatic rings. The highest BCUT2D eigenvalue weighted by Crippen LogP contribution is 2.31. The second-order valence-electron chi connectivity index (χ2n) is 4.32. The monoisotopic (exact) mass is 233 g/mol. The molecule has 1 N–H and O–H groups in total. The molecule has 0 aromatic heterocycles. The SMILES string of the molecule is COC[C@H](O)CN(C)[C@@H]1CCC[C@@H]1SC. The number of aliphatic hydroxyl groups is 1. The van der Waals surface area contributed by atoms with Crippen LogP contribution in [0.3, 0.4) is 0 Å². The third kappa shape index (κ3) is 3.94. The molecule has 0 aliphatic heterocycles. The number of hydrogen-bond acceptors (Lipinski definition) is 4. The first-order valence-electron chi connectivity index (χ1n) is 5.59. The average Bonchev–Trinajstić information content (AvgIpc) is 2.65. The second-order valence-corrected chi connectivity index (χ2v) is 5.40. The predicted octanol–water partition coefficient (Wildman–Crippen LogP) is 1.21. The van der Waals surface area contributed by atoms with Crippen LogP contribution in [0, 0.1) is 0 Å². The minimum atomic E-state index is -0.358. The van der Waals surface area contributed by atoms with Crippen molar-refractivity contribution in [2.75, 3.05) is 33.6 Å². The summed E-state index contributed by atoms with van der Waals surface area (Å²) in [4.78, 5) is 2.29. The summed E-state index contributed by atoms with van der Waals surface area (Å²) in [6.07, 6.45) is 5.73. The summed E-state index contributed by atoms with van der Waals surface area (Å²) in [6, 6.07) is 0.631. The minimum Gasteiger partial charge on any atom is -0.389 e. The molecule has 0 radical (unpaired) electrons. The maximum atomic E-state index is 9.67. The summed E-state index contributed by atoms with van der Waals surface area (Å²) in [5, 5.41) is 10.4. The molecule has 0 bridgehead atoms. The van der Waals surface area contributed by atoms with Crippen LogP contribution in [-0.2, 0) is 4.74 Å². The number of aliphatic hydroxyl groups excluding tert-OH is 1. The van der Waals surface area contributed by atoms with Crippen molar-refractivity contribution in [3.8, 4) is 0 Å². The average molecular weight is 233 g/mol. The molecule has 0 spiro atoms. The fourth-order valence-electron chi connectivity index (χ4n) is 2.40. The van der Waals surface area contributed by atoms with Crippen LogP contribution in [0.15, 0.2) is 0 Å². The van der Waals surface area contributed by atoms with E-state index >= 15 is 0 Å². The van der Waals surface area contributed by atoms with Gasteiger partial charge in [0, 0.05) is 24.9 Å². The van der Waals surface area contributed by atoms with Crippen molar-refractivity contribution in [2.45, 2.75) is 36.7 Å². The van der Waals surface area contributed by atoms with E-state index < -0.39 is 0 Å². The molecule has 1 fully saturated rings. The number of likely N-dealkylation sites (N-methyl/N-ethyl adjacent to an activating group) is 1. The number of methoxy groups -OCH3 is 1. The van der Waals surface area contributed by atoms with Crippen molar-refractivity contribution in [3.63, 3.8) is 0 Å². The maximum absolute atomic E-state index is 9.67. The zero-order chi connectivity index (χ0) is 11.3. The standard InChI is InChI=1S/C11H23NO2S/c1-12(7-9(13)8-14-2)10-5-4-6-11(10)15-3/h9-11,13H,4-8H2,1-3H3/t9-,10-,11+/m1/s1. The van der Waals surface area contributed by atoms with Crippen molar-refractivity contribution in [1.29, 1.82) is 0 Å². The lowest BCUT2D eigenvalue weighted by atomic mass is 10.2. The summed E-state index contributed by atoms with van der Waals surface area (Å²) < 4.78 is 4.94. The Hall–Kier alpha value is 0.230. The van der Waals surface area contributed by atoms with Gasteiger partial charge in [0.15, 0.2) is 0 Å². The lowest BCUT2D eigenvalue weighted by Gasteiger charge is -2.30. The van der Waals surface area contributed by atoms with Crippen molar-refractivity contribution >= 4 is 11.8 Å². The van der Waals surface area contributed by atoms with Crippen LogP contribution in [0.5, 0.6) is 0 Å². The smallest absolute Gasteiger partial charge is 0.0900 e. The predicted molar refractivity (Wildman–Crippen MR) is 65.5 cm³/mol. The van der Waals surface area contributed by atoms with Crippen LogP contribution in [0.1, 0.15) is 19.3 Å². The van der Waals surface area contributed by atoms with Crippen LogP contribution >= 0.6 is 11.8 Å². The molecule has 1 rings (SSSR count). The van der Waals surface area contributed by atoms with E-state index in [2.05, 4.69) is 18.2 Å². The van der Waals surface area contributed by atoms with Gasteiger partial charge in [-0.05, 0) is 26.1 Å². The first-order chi connectivity index (χ1) is 7.19. The Bertz CT molecular complexity index is 180. The van der Waals surface area contributed by atoms with Gasteiger partial charge in [-0.1, -0.05) is 6.42 Å². The highest BCUT2D eigenvalue weighted by molar-refractivity contribution is 7.99. The van der Waals surface area contributed by atoms with Gasteiger partial charge < -0.3 is 9.84 Å². The zero-order valence-corrected chi connectivity index (χ0v) is 10.8. The highest BCUT2D eigenvalue weighted by Gasteiger charge is 2.30. The quantitative estimate of drug-likeness (QED) is 0.747. The van der Waals surface area contributed by atoms with E-state index in [0.717, 1.165) is 11.8 Å². The Balaban J connectivity index is 2.35. The molecular weight excluding hydrogens is 210 g/mol. The molecule has 15 heavy (non-hydrogen) atoms. The van der Waals surface area contributed by atoms with Crippen LogP contribution < -0.4 is 0 Å². The Kier molecular flexibility index (Phi) is 5.97. The molecule has 1 aliphatic carbocycles. The van der Waals surface area contributed by atoms with E-state index in [1.54, 1.807) is 7.11 Å². The number of hydrogen-bond donors (Lipinski definition) is 1. The van der Waals surface area contributed by atoms with Crippen molar-refractivity contribution in [2.24, 2.45) is 0 Å². The van der Waals surface area contributed by atoms with Gasteiger partial charge in [-0.3, -0.25) is 4.90 Å². The van der Waals surface area contributed by atoms with Gasteiger partial charge in [-0.25, -0.2) is 0 Å². The molecule has 0 amide bonds. The van der Waals surface area contributed by atoms with Crippen LogP contribution in [0.25, 0.3) is 0 Å².